The van der Waals surface area contributed by atoms with Crippen molar-refractivity contribution in [2.45, 2.75) is 32.7 Å². The molecule has 138 valence electrons. The molecule has 0 aliphatic rings. The minimum atomic E-state index is 0. The summed E-state index contributed by atoms with van der Waals surface area (Å²) in [5, 5.41) is 23.9. The Kier molecular flexibility index (Phi) is 9.90. The van der Waals surface area contributed by atoms with Gasteiger partial charge < -0.3 is 20.3 Å². The van der Waals surface area contributed by atoms with Crippen LogP contribution in [0.2, 0.25) is 0 Å². The molecule has 1 aromatic heterocycles. The molecule has 0 saturated heterocycles. The number of hydrogen-bond donors (Lipinski definition) is 3. The Morgan fingerprint density at radius 2 is 1.92 bits per heavy atom. The van der Waals surface area contributed by atoms with Gasteiger partial charge in [-0.25, -0.2) is 0 Å². The van der Waals surface area contributed by atoms with E-state index < -0.39 is 0 Å². The van der Waals surface area contributed by atoms with Crippen molar-refractivity contribution in [1.29, 1.82) is 0 Å². The summed E-state index contributed by atoms with van der Waals surface area (Å²) < 4.78 is 2.05. The van der Waals surface area contributed by atoms with E-state index in [0.29, 0.717) is 5.75 Å². The van der Waals surface area contributed by atoms with E-state index in [2.05, 4.69) is 32.7 Å². The summed E-state index contributed by atoms with van der Waals surface area (Å²) in [5.41, 5.74) is 1.22. The first-order valence-corrected chi connectivity index (χ1v) is 8.32. The van der Waals surface area contributed by atoms with Gasteiger partial charge in [0.2, 0.25) is 0 Å². The Hall–Kier alpha value is -1.84. The first-order chi connectivity index (χ1) is 11.7. The standard InChI is InChI=1S/C17H26N6O.HI/c1-3-16-22-21-13-23(16)12-11-20-17(18-2)19-10-4-5-14-6-8-15(24)9-7-14;/h6-9,13,24H,3-5,10-12H2,1-2H3,(H2,18,19,20);1H. The molecule has 7 nitrogen and oxygen atoms in total. The molecular formula is C17H27IN6O. The molecule has 0 fully saturated rings. The van der Waals surface area contributed by atoms with E-state index in [9.17, 15) is 5.11 Å². The average molecular weight is 458 g/mol. The number of guanidine groups is 1. The second-order valence-corrected chi connectivity index (χ2v) is 5.49. The van der Waals surface area contributed by atoms with E-state index in [1.165, 1.54) is 5.56 Å². The highest BCUT2D eigenvalue weighted by Crippen LogP contribution is 2.10. The molecule has 1 heterocycles. The molecule has 0 bridgehead atoms. The molecule has 0 spiro atoms. The van der Waals surface area contributed by atoms with Gasteiger partial charge in [0.05, 0.1) is 0 Å². The summed E-state index contributed by atoms with van der Waals surface area (Å²) in [4.78, 5) is 4.23. The van der Waals surface area contributed by atoms with Crippen LogP contribution in [0.25, 0.3) is 0 Å². The smallest absolute Gasteiger partial charge is 0.191 e. The van der Waals surface area contributed by atoms with Crippen molar-refractivity contribution < 1.29 is 5.11 Å². The average Bonchev–Trinajstić information content (AvgIpc) is 3.06. The van der Waals surface area contributed by atoms with Gasteiger partial charge in [0.25, 0.3) is 0 Å². The molecule has 2 rings (SSSR count). The number of nitrogens with one attached hydrogen (secondary N) is 2. The normalized spacial score (nSPS) is 11.0. The summed E-state index contributed by atoms with van der Waals surface area (Å²) in [6.07, 6.45) is 4.60. The predicted molar refractivity (Wildman–Crippen MR) is 111 cm³/mol. The maximum atomic E-state index is 9.27. The Morgan fingerprint density at radius 1 is 1.20 bits per heavy atom. The van der Waals surface area contributed by atoms with Crippen LogP contribution >= 0.6 is 24.0 Å². The van der Waals surface area contributed by atoms with Gasteiger partial charge >= 0.3 is 0 Å². The summed E-state index contributed by atoms with van der Waals surface area (Å²) >= 11 is 0. The third-order valence-electron chi connectivity index (χ3n) is 3.75. The molecule has 3 N–H and O–H groups in total. The number of aromatic hydroxyl groups is 1. The highest BCUT2D eigenvalue weighted by atomic mass is 127. The van der Waals surface area contributed by atoms with Crippen molar-refractivity contribution in [3.05, 3.63) is 42.0 Å². The molecule has 0 aliphatic heterocycles. The van der Waals surface area contributed by atoms with Crippen LogP contribution in [-0.2, 0) is 19.4 Å². The number of phenols is 1. The fraction of sp³-hybridized carbons (Fsp3) is 0.471. The van der Waals surface area contributed by atoms with Crippen LogP contribution in [0, 0.1) is 0 Å². The number of halogens is 1. The highest BCUT2D eigenvalue weighted by molar-refractivity contribution is 14.0. The molecule has 0 unspecified atom stereocenters. The van der Waals surface area contributed by atoms with Gasteiger partial charge in [0.1, 0.15) is 17.9 Å². The fourth-order valence-corrected chi connectivity index (χ4v) is 2.42. The summed E-state index contributed by atoms with van der Waals surface area (Å²) in [6, 6.07) is 7.34. The topological polar surface area (TPSA) is 87.4 Å². The number of aryl methyl sites for hydroxylation is 2. The van der Waals surface area contributed by atoms with Gasteiger partial charge in [-0.3, -0.25) is 4.99 Å². The predicted octanol–water partition coefficient (Wildman–Crippen LogP) is 1.96. The third kappa shape index (κ3) is 7.29. The van der Waals surface area contributed by atoms with Crippen molar-refractivity contribution in [2.24, 2.45) is 4.99 Å². The lowest BCUT2D eigenvalue weighted by Crippen LogP contribution is -2.39. The molecular weight excluding hydrogens is 431 g/mol. The number of rotatable bonds is 8. The zero-order valence-electron chi connectivity index (χ0n) is 14.8. The van der Waals surface area contributed by atoms with E-state index in [0.717, 1.165) is 50.7 Å². The van der Waals surface area contributed by atoms with Gasteiger partial charge in [-0.2, -0.15) is 0 Å². The number of aromatic nitrogens is 3. The largest absolute Gasteiger partial charge is 0.508 e. The quantitative estimate of drug-likeness (QED) is 0.244. The van der Waals surface area contributed by atoms with Crippen molar-refractivity contribution in [1.82, 2.24) is 25.4 Å². The van der Waals surface area contributed by atoms with Gasteiger partial charge in [0.15, 0.2) is 5.96 Å². The van der Waals surface area contributed by atoms with E-state index in [1.54, 1.807) is 25.5 Å². The summed E-state index contributed by atoms with van der Waals surface area (Å²) in [6.45, 7) is 4.49. The zero-order chi connectivity index (χ0) is 17.2. The van der Waals surface area contributed by atoms with E-state index in [-0.39, 0.29) is 24.0 Å². The van der Waals surface area contributed by atoms with Crippen molar-refractivity contribution >= 4 is 29.9 Å². The van der Waals surface area contributed by atoms with Crippen LogP contribution < -0.4 is 10.6 Å². The summed E-state index contributed by atoms with van der Waals surface area (Å²) in [7, 11) is 1.77. The second-order valence-electron chi connectivity index (χ2n) is 5.49. The van der Waals surface area contributed by atoms with Crippen molar-refractivity contribution in [3.63, 3.8) is 0 Å². The van der Waals surface area contributed by atoms with E-state index >= 15 is 0 Å². The van der Waals surface area contributed by atoms with Gasteiger partial charge in [-0.05, 0) is 30.5 Å². The molecule has 0 amide bonds. The Bertz CT molecular complexity index is 641. The fourth-order valence-electron chi connectivity index (χ4n) is 2.42. The van der Waals surface area contributed by atoms with Gasteiger partial charge in [-0.15, -0.1) is 34.2 Å². The number of aliphatic imine (C=N–C) groups is 1. The van der Waals surface area contributed by atoms with Crippen LogP contribution in [0.1, 0.15) is 24.7 Å². The van der Waals surface area contributed by atoms with Crippen LogP contribution in [-0.4, -0.2) is 46.0 Å². The maximum Gasteiger partial charge on any atom is 0.191 e. The Morgan fingerprint density at radius 3 is 2.60 bits per heavy atom. The molecule has 2 aromatic rings. The molecule has 0 atom stereocenters. The lowest BCUT2D eigenvalue weighted by atomic mass is 10.1. The maximum absolute atomic E-state index is 9.27. The Balaban J connectivity index is 0.00000312. The molecule has 0 saturated carbocycles. The van der Waals surface area contributed by atoms with Crippen molar-refractivity contribution in [2.75, 3.05) is 20.1 Å². The summed E-state index contributed by atoms with van der Waals surface area (Å²) in [5.74, 6) is 2.10. The van der Waals surface area contributed by atoms with Crippen LogP contribution in [0.3, 0.4) is 0 Å². The van der Waals surface area contributed by atoms with Crippen LogP contribution in [0.4, 0.5) is 0 Å². The van der Waals surface area contributed by atoms with Gasteiger partial charge in [0, 0.05) is 33.1 Å². The molecule has 25 heavy (non-hydrogen) atoms. The third-order valence-corrected chi connectivity index (χ3v) is 3.75. The Labute approximate surface area is 166 Å². The lowest BCUT2D eigenvalue weighted by molar-refractivity contribution is 0.475. The SMILES string of the molecule is CCc1nncn1CCNC(=NC)NCCCc1ccc(O)cc1.I. The monoisotopic (exact) mass is 458 g/mol. The minimum absolute atomic E-state index is 0. The zero-order valence-corrected chi connectivity index (χ0v) is 17.1. The first kappa shape index (κ1) is 21.2. The number of benzene rings is 1. The minimum Gasteiger partial charge on any atom is -0.508 e. The van der Waals surface area contributed by atoms with E-state index in [1.807, 2.05) is 16.7 Å². The van der Waals surface area contributed by atoms with E-state index in [4.69, 9.17) is 0 Å². The molecule has 1 aromatic carbocycles. The number of nitrogens with zero attached hydrogens (tertiary/aromatic N) is 4. The molecule has 0 aliphatic carbocycles. The number of hydrogen-bond acceptors (Lipinski definition) is 4. The molecule has 8 heteroatoms. The lowest BCUT2D eigenvalue weighted by Gasteiger charge is -2.12. The molecule has 0 radical (unpaired) electrons. The number of phenolic OH excluding ortho intramolecular Hbond substituents is 1. The highest BCUT2D eigenvalue weighted by Gasteiger charge is 2.02. The van der Waals surface area contributed by atoms with Gasteiger partial charge in [-0.1, -0.05) is 19.1 Å². The van der Waals surface area contributed by atoms with Crippen LogP contribution in [0.15, 0.2) is 35.6 Å². The van der Waals surface area contributed by atoms with Crippen molar-refractivity contribution in [3.8, 4) is 5.75 Å². The van der Waals surface area contributed by atoms with Crippen LogP contribution in [0.5, 0.6) is 5.75 Å². The second kappa shape index (κ2) is 11.7. The first-order valence-electron chi connectivity index (χ1n) is 8.32.